The van der Waals surface area contributed by atoms with E-state index < -0.39 is 26.5 Å². The molecule has 0 unspecified atom stereocenters. The lowest BCUT2D eigenvalue weighted by Crippen LogP contribution is -2.24. The lowest BCUT2D eigenvalue weighted by atomic mass is 10.2. The Kier molecular flexibility index (Phi) is 5.76. The van der Waals surface area contributed by atoms with Gasteiger partial charge in [-0.1, -0.05) is 24.3 Å². The third kappa shape index (κ3) is 5.21. The van der Waals surface area contributed by atoms with Gasteiger partial charge in [-0.3, -0.25) is 0 Å². The predicted molar refractivity (Wildman–Crippen MR) is 86.7 cm³/mol. The van der Waals surface area contributed by atoms with Crippen molar-refractivity contribution < 1.29 is 30.4 Å². The first-order chi connectivity index (χ1) is 11.6. The summed E-state index contributed by atoms with van der Waals surface area (Å²) >= 11 is 0. The average Bonchev–Trinajstić information content (AvgIpc) is 2.53. The average molecular weight is 391 g/mol. The van der Waals surface area contributed by atoms with Crippen molar-refractivity contribution in [2.24, 2.45) is 0 Å². The first kappa shape index (κ1) is 19.3. The van der Waals surface area contributed by atoms with Crippen molar-refractivity contribution in [3.05, 3.63) is 54.1 Å². The van der Waals surface area contributed by atoms with E-state index in [9.17, 15) is 25.6 Å². The van der Waals surface area contributed by atoms with Crippen LogP contribution in [0.1, 0.15) is 5.56 Å². The lowest BCUT2D eigenvalue weighted by Gasteiger charge is -2.12. The molecule has 0 saturated heterocycles. The molecule has 0 aliphatic rings. The normalized spacial score (nSPS) is 12.3. The number of para-hydroxylation sites is 1. The molecule has 0 amide bonds. The Balaban J connectivity index is 2.24. The van der Waals surface area contributed by atoms with Gasteiger partial charge in [-0.2, -0.15) is 8.78 Å². The Hall–Kier alpha value is -2.04. The highest BCUT2D eigenvalue weighted by molar-refractivity contribution is 7.91. The fraction of sp³-hybridized carbons (Fsp3) is 0.200. The number of halogens is 2. The van der Waals surface area contributed by atoms with Gasteiger partial charge in [0.25, 0.3) is 0 Å². The van der Waals surface area contributed by atoms with Crippen LogP contribution in [0, 0.1) is 0 Å². The van der Waals surface area contributed by atoms with E-state index in [0.717, 1.165) is 12.3 Å². The highest BCUT2D eigenvalue weighted by Gasteiger charge is 2.18. The third-order valence-corrected chi connectivity index (χ3v) is 5.69. The minimum atomic E-state index is -4.04. The number of sulfone groups is 1. The molecule has 0 saturated carbocycles. The zero-order chi connectivity index (χ0) is 18.7. The van der Waals surface area contributed by atoms with Crippen LogP contribution in [0.25, 0.3) is 0 Å². The van der Waals surface area contributed by atoms with Gasteiger partial charge in [0.15, 0.2) is 9.84 Å². The van der Waals surface area contributed by atoms with Crippen LogP contribution in [0.5, 0.6) is 5.75 Å². The molecule has 10 heteroatoms. The molecule has 2 aromatic carbocycles. The van der Waals surface area contributed by atoms with Crippen LogP contribution in [0.15, 0.2) is 58.3 Å². The summed E-state index contributed by atoms with van der Waals surface area (Å²) in [5, 5.41) is 0. The Morgan fingerprint density at radius 3 is 2.28 bits per heavy atom. The zero-order valence-electron chi connectivity index (χ0n) is 13.0. The van der Waals surface area contributed by atoms with Crippen molar-refractivity contribution in [1.29, 1.82) is 0 Å². The van der Waals surface area contributed by atoms with E-state index in [4.69, 9.17) is 0 Å². The van der Waals surface area contributed by atoms with Crippen molar-refractivity contribution in [1.82, 2.24) is 4.72 Å². The zero-order valence-corrected chi connectivity index (χ0v) is 14.6. The molecule has 2 rings (SSSR count). The first-order valence-electron chi connectivity index (χ1n) is 6.92. The lowest BCUT2D eigenvalue weighted by molar-refractivity contribution is -0.0504. The van der Waals surface area contributed by atoms with Crippen LogP contribution >= 0.6 is 0 Å². The van der Waals surface area contributed by atoms with E-state index in [1.165, 1.54) is 36.4 Å². The maximum Gasteiger partial charge on any atom is 0.387 e. The summed E-state index contributed by atoms with van der Waals surface area (Å²) in [6.45, 7) is -3.34. The van der Waals surface area contributed by atoms with Crippen molar-refractivity contribution in [2.75, 3.05) is 6.26 Å². The van der Waals surface area contributed by atoms with Crippen LogP contribution in [-0.4, -0.2) is 29.7 Å². The summed E-state index contributed by atoms with van der Waals surface area (Å²) in [6.07, 6.45) is 0.962. The second-order valence-corrected chi connectivity index (χ2v) is 8.84. The number of hydrogen-bond acceptors (Lipinski definition) is 5. The van der Waals surface area contributed by atoms with E-state index in [1.807, 2.05) is 0 Å². The van der Waals surface area contributed by atoms with Crippen molar-refractivity contribution in [3.8, 4) is 5.75 Å². The smallest absolute Gasteiger partial charge is 0.387 e. The molecular weight excluding hydrogens is 376 g/mol. The molecule has 0 fully saturated rings. The summed E-state index contributed by atoms with van der Waals surface area (Å²) in [7, 11) is -7.61. The minimum absolute atomic E-state index is 0.142. The van der Waals surface area contributed by atoms with Gasteiger partial charge in [-0.25, -0.2) is 21.6 Å². The summed E-state index contributed by atoms with van der Waals surface area (Å²) in [5.41, 5.74) is 0.214. The van der Waals surface area contributed by atoms with Gasteiger partial charge in [-0.15, -0.1) is 0 Å². The molecule has 0 aliphatic carbocycles. The van der Waals surface area contributed by atoms with E-state index in [1.54, 1.807) is 6.07 Å². The molecule has 136 valence electrons. The largest absolute Gasteiger partial charge is 0.434 e. The molecule has 25 heavy (non-hydrogen) atoms. The number of sulfonamides is 1. The van der Waals surface area contributed by atoms with Crippen molar-refractivity contribution in [3.63, 3.8) is 0 Å². The van der Waals surface area contributed by atoms with Gasteiger partial charge in [-0.05, 0) is 24.3 Å². The molecule has 2 aromatic rings. The number of benzene rings is 2. The van der Waals surface area contributed by atoms with Crippen LogP contribution in [0.4, 0.5) is 8.78 Å². The van der Waals surface area contributed by atoms with E-state index in [2.05, 4.69) is 9.46 Å². The first-order valence-corrected chi connectivity index (χ1v) is 10.3. The van der Waals surface area contributed by atoms with E-state index in [0.29, 0.717) is 0 Å². The molecule has 0 heterocycles. The van der Waals surface area contributed by atoms with Gasteiger partial charge < -0.3 is 4.74 Å². The quantitative estimate of drug-likeness (QED) is 0.781. The number of hydrogen-bond donors (Lipinski definition) is 1. The van der Waals surface area contributed by atoms with Gasteiger partial charge >= 0.3 is 6.61 Å². The summed E-state index contributed by atoms with van der Waals surface area (Å²) in [6, 6.07) is 10.6. The fourth-order valence-corrected chi connectivity index (χ4v) is 3.78. The number of alkyl halides is 2. The molecule has 0 atom stereocenters. The van der Waals surface area contributed by atoms with E-state index >= 15 is 0 Å². The second kappa shape index (κ2) is 7.46. The van der Waals surface area contributed by atoms with Crippen molar-refractivity contribution >= 4 is 19.9 Å². The Labute approximate surface area is 144 Å². The van der Waals surface area contributed by atoms with Gasteiger partial charge in [0.1, 0.15) is 5.75 Å². The fourth-order valence-electron chi connectivity index (χ4n) is 1.99. The maximum absolute atomic E-state index is 12.4. The summed E-state index contributed by atoms with van der Waals surface area (Å²) in [4.78, 5) is -0.389. The van der Waals surface area contributed by atoms with Gasteiger partial charge in [0, 0.05) is 18.4 Å². The van der Waals surface area contributed by atoms with Crippen LogP contribution < -0.4 is 9.46 Å². The van der Waals surface area contributed by atoms with Crippen LogP contribution in [0.2, 0.25) is 0 Å². The minimum Gasteiger partial charge on any atom is -0.434 e. The number of ether oxygens (including phenoxy) is 1. The van der Waals surface area contributed by atoms with Gasteiger partial charge in [0.05, 0.1) is 9.79 Å². The van der Waals surface area contributed by atoms with Gasteiger partial charge in [0.2, 0.25) is 10.0 Å². The standard InChI is InChI=1S/C15H15F2NO5S2/c1-24(19,20)12-6-4-7-13(9-12)25(21,22)18-10-11-5-2-3-8-14(11)23-15(16)17/h2-9,15,18H,10H2,1H3. The Bertz CT molecular complexity index is 959. The summed E-state index contributed by atoms with van der Waals surface area (Å²) < 4.78 is 79.0. The Morgan fingerprint density at radius 1 is 1.00 bits per heavy atom. The monoisotopic (exact) mass is 391 g/mol. The van der Waals surface area contributed by atoms with Crippen molar-refractivity contribution in [2.45, 2.75) is 22.9 Å². The van der Waals surface area contributed by atoms with E-state index in [-0.39, 0.29) is 27.6 Å². The Morgan fingerprint density at radius 2 is 1.64 bits per heavy atom. The molecule has 0 spiro atoms. The molecule has 6 nitrogen and oxygen atoms in total. The summed E-state index contributed by atoms with van der Waals surface area (Å²) in [5.74, 6) is -0.148. The number of rotatable bonds is 7. The second-order valence-electron chi connectivity index (χ2n) is 5.06. The highest BCUT2D eigenvalue weighted by Crippen LogP contribution is 2.21. The molecular formula is C15H15F2NO5S2. The third-order valence-electron chi connectivity index (χ3n) is 3.19. The molecule has 0 aromatic heterocycles. The molecule has 0 aliphatic heterocycles. The SMILES string of the molecule is CS(=O)(=O)c1cccc(S(=O)(=O)NCc2ccccc2OC(F)F)c1. The highest BCUT2D eigenvalue weighted by atomic mass is 32.2. The van der Waals surface area contributed by atoms with Crippen LogP contribution in [0.3, 0.4) is 0 Å². The number of nitrogens with one attached hydrogen (secondary N) is 1. The van der Waals surface area contributed by atoms with Crippen LogP contribution in [-0.2, 0) is 26.4 Å². The molecule has 0 bridgehead atoms. The maximum atomic E-state index is 12.4. The molecule has 0 radical (unpaired) electrons. The predicted octanol–water partition coefficient (Wildman–Crippen LogP) is 2.17. The topological polar surface area (TPSA) is 89.5 Å². The molecule has 1 N–H and O–H groups in total.